The van der Waals surface area contributed by atoms with Crippen LogP contribution in [0.3, 0.4) is 0 Å². The number of likely N-dealkylation sites (tertiary alicyclic amines) is 1. The summed E-state index contributed by atoms with van der Waals surface area (Å²) in [6, 6.07) is 17.1. The van der Waals surface area contributed by atoms with E-state index in [0.717, 1.165) is 49.4 Å². The first-order valence-corrected chi connectivity index (χ1v) is 11.3. The van der Waals surface area contributed by atoms with Crippen molar-refractivity contribution in [1.82, 2.24) is 14.7 Å². The maximum atomic E-state index is 12.9. The number of aryl methyl sites for hydroxylation is 1. The highest BCUT2D eigenvalue weighted by atomic mass is 16.5. The Morgan fingerprint density at radius 3 is 2.42 bits per heavy atom. The quantitative estimate of drug-likeness (QED) is 0.600. The van der Waals surface area contributed by atoms with Crippen molar-refractivity contribution in [3.8, 4) is 5.75 Å². The average molecular weight is 447 g/mol. The third kappa shape index (κ3) is 5.80. The third-order valence-corrected chi connectivity index (χ3v) is 6.15. The Kier molecular flexibility index (Phi) is 7.07. The van der Waals surface area contributed by atoms with Crippen LogP contribution in [0.4, 0.5) is 5.69 Å². The molecule has 33 heavy (non-hydrogen) atoms. The zero-order valence-electron chi connectivity index (χ0n) is 19.2. The largest absolute Gasteiger partial charge is 0.497 e. The Hall–Kier alpha value is -3.61. The van der Waals surface area contributed by atoms with Gasteiger partial charge in [-0.25, -0.2) is 0 Å². The monoisotopic (exact) mass is 446 g/mol. The maximum Gasteiger partial charge on any atom is 0.259 e. The molecule has 0 saturated carbocycles. The highest BCUT2D eigenvalue weighted by molar-refractivity contribution is 6.05. The second-order valence-corrected chi connectivity index (χ2v) is 8.54. The lowest BCUT2D eigenvalue weighted by molar-refractivity contribution is -0.131. The third-order valence-electron chi connectivity index (χ3n) is 6.15. The van der Waals surface area contributed by atoms with Gasteiger partial charge in [0.15, 0.2) is 0 Å². The number of ether oxygens (including phenoxy) is 1. The lowest BCUT2D eigenvalue weighted by Gasteiger charge is -2.32. The first-order valence-electron chi connectivity index (χ1n) is 11.3. The Bertz CT molecular complexity index is 1080. The Labute approximate surface area is 194 Å². The molecule has 4 rings (SSSR count). The summed E-state index contributed by atoms with van der Waals surface area (Å²) < 4.78 is 6.86. The number of carbonyl (C=O) groups excluding carboxylic acids is 2. The molecule has 172 valence electrons. The van der Waals surface area contributed by atoms with Gasteiger partial charge in [0, 0.05) is 32.0 Å². The van der Waals surface area contributed by atoms with E-state index in [4.69, 9.17) is 4.74 Å². The number of hydrogen-bond donors (Lipinski definition) is 1. The number of nitrogens with one attached hydrogen (secondary N) is 1. The van der Waals surface area contributed by atoms with Gasteiger partial charge in [0.25, 0.3) is 5.91 Å². The molecule has 1 aromatic heterocycles. The molecule has 2 aromatic carbocycles. The number of aromatic nitrogens is 2. The van der Waals surface area contributed by atoms with Crippen LogP contribution in [-0.2, 0) is 24.7 Å². The summed E-state index contributed by atoms with van der Waals surface area (Å²) in [4.78, 5) is 27.5. The first kappa shape index (κ1) is 22.6. The van der Waals surface area contributed by atoms with Crippen LogP contribution in [0.25, 0.3) is 0 Å². The van der Waals surface area contributed by atoms with Crippen LogP contribution in [-0.4, -0.2) is 46.7 Å². The van der Waals surface area contributed by atoms with Gasteiger partial charge in [-0.15, -0.1) is 0 Å². The minimum absolute atomic E-state index is 0.168. The maximum absolute atomic E-state index is 12.9. The number of amides is 2. The number of nitrogens with zero attached hydrogens (tertiary/aromatic N) is 3. The van der Waals surface area contributed by atoms with Crippen molar-refractivity contribution in [2.75, 3.05) is 25.5 Å². The second kappa shape index (κ2) is 10.3. The number of carbonyl (C=O) groups is 2. The Balaban J connectivity index is 1.33. The Morgan fingerprint density at radius 1 is 1.06 bits per heavy atom. The van der Waals surface area contributed by atoms with E-state index in [1.54, 1.807) is 18.0 Å². The number of benzene rings is 2. The molecule has 2 amide bonds. The summed E-state index contributed by atoms with van der Waals surface area (Å²) in [7, 11) is 3.44. The fraction of sp³-hybridized carbons (Fsp3) is 0.346. The lowest BCUT2D eigenvalue weighted by atomic mass is 9.91. The zero-order valence-corrected chi connectivity index (χ0v) is 19.2. The number of methoxy groups -OCH3 is 1. The molecule has 7 nitrogen and oxygen atoms in total. The van der Waals surface area contributed by atoms with Gasteiger partial charge >= 0.3 is 0 Å². The molecular formula is C26H30N4O3. The van der Waals surface area contributed by atoms with Gasteiger partial charge in [0.2, 0.25) is 5.91 Å². The van der Waals surface area contributed by atoms with Crippen LogP contribution in [0.1, 0.15) is 34.5 Å². The van der Waals surface area contributed by atoms with Gasteiger partial charge in [0.05, 0.1) is 24.8 Å². The van der Waals surface area contributed by atoms with Crippen molar-refractivity contribution in [2.24, 2.45) is 13.0 Å². The summed E-state index contributed by atoms with van der Waals surface area (Å²) in [5, 5.41) is 7.51. The van der Waals surface area contributed by atoms with E-state index in [1.807, 2.05) is 66.5 Å². The molecule has 0 radical (unpaired) electrons. The van der Waals surface area contributed by atoms with Crippen molar-refractivity contribution < 1.29 is 14.3 Å². The summed E-state index contributed by atoms with van der Waals surface area (Å²) in [6.45, 7) is 1.49. The van der Waals surface area contributed by atoms with E-state index in [-0.39, 0.29) is 11.8 Å². The van der Waals surface area contributed by atoms with Gasteiger partial charge in [-0.1, -0.05) is 30.3 Å². The number of anilines is 1. The molecule has 7 heteroatoms. The van der Waals surface area contributed by atoms with E-state index < -0.39 is 0 Å². The molecule has 0 atom stereocenters. The summed E-state index contributed by atoms with van der Waals surface area (Å²) in [6.07, 6.45) is 4.77. The van der Waals surface area contributed by atoms with Crippen LogP contribution in [0, 0.1) is 5.92 Å². The van der Waals surface area contributed by atoms with Crippen molar-refractivity contribution in [2.45, 2.75) is 25.7 Å². The molecule has 1 aliphatic heterocycles. The van der Waals surface area contributed by atoms with Gasteiger partial charge in [-0.3, -0.25) is 14.3 Å². The summed E-state index contributed by atoms with van der Waals surface area (Å²) in [5.74, 6) is 1.15. The highest BCUT2D eigenvalue weighted by Gasteiger charge is 2.26. The second-order valence-electron chi connectivity index (χ2n) is 8.54. The van der Waals surface area contributed by atoms with Crippen LogP contribution in [0.15, 0.2) is 60.8 Å². The van der Waals surface area contributed by atoms with Crippen molar-refractivity contribution in [3.05, 3.63) is 77.6 Å². The van der Waals surface area contributed by atoms with Gasteiger partial charge in [-0.05, 0) is 55.0 Å². The van der Waals surface area contributed by atoms with E-state index in [9.17, 15) is 9.59 Å². The van der Waals surface area contributed by atoms with Crippen LogP contribution < -0.4 is 10.1 Å². The van der Waals surface area contributed by atoms with Crippen LogP contribution in [0.5, 0.6) is 5.75 Å². The molecule has 0 spiro atoms. The SMILES string of the molecule is COc1ccc(NC(=O)c2cn(C)nc2CC2CCN(C(=O)Cc3ccccc3)CC2)cc1. The predicted molar refractivity (Wildman–Crippen MR) is 127 cm³/mol. The van der Waals surface area contributed by atoms with Crippen LogP contribution in [0.2, 0.25) is 0 Å². The molecular weight excluding hydrogens is 416 g/mol. The molecule has 3 aromatic rings. The molecule has 0 unspecified atom stereocenters. The highest BCUT2D eigenvalue weighted by Crippen LogP contribution is 2.24. The Morgan fingerprint density at radius 2 is 1.76 bits per heavy atom. The van der Waals surface area contributed by atoms with Crippen molar-refractivity contribution in [3.63, 3.8) is 0 Å². The molecule has 0 bridgehead atoms. The molecule has 1 saturated heterocycles. The molecule has 1 N–H and O–H groups in total. The predicted octanol–water partition coefficient (Wildman–Crippen LogP) is 3.70. The standard InChI is InChI=1S/C26H30N4O3/c1-29-18-23(26(32)27-21-8-10-22(33-2)11-9-21)24(28-29)16-20-12-14-30(15-13-20)25(31)17-19-6-4-3-5-7-19/h3-11,18,20H,12-17H2,1-2H3,(H,27,32). The van der Waals surface area contributed by atoms with E-state index in [2.05, 4.69) is 10.4 Å². The lowest BCUT2D eigenvalue weighted by Crippen LogP contribution is -2.39. The van der Waals surface area contributed by atoms with Gasteiger partial charge in [-0.2, -0.15) is 5.10 Å². The fourth-order valence-corrected chi connectivity index (χ4v) is 4.29. The van der Waals surface area contributed by atoms with E-state index >= 15 is 0 Å². The topological polar surface area (TPSA) is 76.5 Å². The number of rotatable bonds is 7. The number of hydrogen-bond acceptors (Lipinski definition) is 4. The van der Waals surface area contributed by atoms with Crippen molar-refractivity contribution in [1.29, 1.82) is 0 Å². The zero-order chi connectivity index (χ0) is 23.2. The normalized spacial score (nSPS) is 14.2. The fourth-order valence-electron chi connectivity index (χ4n) is 4.29. The number of piperidine rings is 1. The van der Waals surface area contributed by atoms with Gasteiger partial charge in [0.1, 0.15) is 5.75 Å². The van der Waals surface area contributed by atoms with Crippen molar-refractivity contribution >= 4 is 17.5 Å². The van der Waals surface area contributed by atoms with E-state index in [0.29, 0.717) is 23.6 Å². The molecule has 1 fully saturated rings. The summed E-state index contributed by atoms with van der Waals surface area (Å²) >= 11 is 0. The molecule has 0 aliphatic carbocycles. The minimum atomic E-state index is -0.168. The molecule has 1 aliphatic rings. The van der Waals surface area contributed by atoms with E-state index in [1.165, 1.54) is 0 Å². The minimum Gasteiger partial charge on any atom is -0.497 e. The van der Waals surface area contributed by atoms with Gasteiger partial charge < -0.3 is 15.0 Å². The van der Waals surface area contributed by atoms with Crippen LogP contribution >= 0.6 is 0 Å². The summed E-state index contributed by atoms with van der Waals surface area (Å²) in [5.41, 5.74) is 3.15. The molecule has 2 heterocycles. The average Bonchev–Trinajstić information content (AvgIpc) is 3.20. The smallest absolute Gasteiger partial charge is 0.259 e. The first-order chi connectivity index (χ1) is 16.0.